The number of nitrogens with zero attached hydrogens (tertiary/aromatic N) is 1. The zero-order valence-corrected chi connectivity index (χ0v) is 8.17. The van der Waals surface area contributed by atoms with Gasteiger partial charge >= 0.3 is 5.97 Å². The van der Waals surface area contributed by atoms with Crippen molar-refractivity contribution in [1.29, 1.82) is 0 Å². The molecule has 0 bridgehead atoms. The highest BCUT2D eigenvalue weighted by atomic mass is 32.1. The van der Waals surface area contributed by atoms with Crippen LogP contribution in [0.4, 0.5) is 0 Å². The van der Waals surface area contributed by atoms with Crippen LogP contribution >= 0.6 is 11.3 Å². The number of rotatable bonds is 4. The molecule has 5 nitrogen and oxygen atoms in total. The minimum absolute atomic E-state index is 0.201. The van der Waals surface area contributed by atoms with E-state index in [-0.39, 0.29) is 5.69 Å². The summed E-state index contributed by atoms with van der Waals surface area (Å²) in [4.78, 5) is 36.6. The molecule has 0 aliphatic heterocycles. The highest BCUT2D eigenvalue weighted by molar-refractivity contribution is 7.07. The van der Waals surface area contributed by atoms with Gasteiger partial charge in [-0.3, -0.25) is 9.59 Å². The SMILES string of the molecule is COC(=O)C(=O)CC(=O)c1cscn1. The van der Waals surface area contributed by atoms with Gasteiger partial charge in [-0.05, 0) is 0 Å². The van der Waals surface area contributed by atoms with Gasteiger partial charge in [-0.1, -0.05) is 0 Å². The lowest BCUT2D eigenvalue weighted by atomic mass is 10.2. The molecule has 6 heteroatoms. The molecule has 14 heavy (non-hydrogen) atoms. The molecule has 0 saturated carbocycles. The number of thiazole rings is 1. The molecule has 74 valence electrons. The molecule has 1 aromatic rings. The second-order valence-electron chi connectivity index (χ2n) is 2.39. The molecular formula is C8H7NO4S. The zero-order chi connectivity index (χ0) is 10.6. The Hall–Kier alpha value is -1.56. The van der Waals surface area contributed by atoms with Gasteiger partial charge < -0.3 is 4.74 Å². The number of carbonyl (C=O) groups excluding carboxylic acids is 3. The molecule has 0 spiro atoms. The number of hydrogen-bond acceptors (Lipinski definition) is 6. The van der Waals surface area contributed by atoms with Crippen LogP contribution in [0.15, 0.2) is 10.9 Å². The van der Waals surface area contributed by atoms with Crippen molar-refractivity contribution in [3.8, 4) is 0 Å². The number of aromatic nitrogens is 1. The molecule has 0 atom stereocenters. The Morgan fingerprint density at radius 3 is 2.71 bits per heavy atom. The van der Waals surface area contributed by atoms with E-state index in [1.165, 1.54) is 22.2 Å². The van der Waals surface area contributed by atoms with Crippen LogP contribution in [0.3, 0.4) is 0 Å². The van der Waals surface area contributed by atoms with E-state index in [9.17, 15) is 14.4 Å². The summed E-state index contributed by atoms with van der Waals surface area (Å²) in [5.41, 5.74) is 1.68. The highest BCUT2D eigenvalue weighted by Gasteiger charge is 2.20. The highest BCUT2D eigenvalue weighted by Crippen LogP contribution is 2.04. The molecule has 0 saturated heterocycles. The first-order chi connectivity index (χ1) is 6.65. The monoisotopic (exact) mass is 213 g/mol. The molecule has 0 N–H and O–H groups in total. The molecule has 1 rings (SSSR count). The summed E-state index contributed by atoms with van der Waals surface area (Å²) in [6.45, 7) is 0. The van der Waals surface area contributed by atoms with Crippen molar-refractivity contribution in [2.45, 2.75) is 6.42 Å². The number of esters is 1. The Bertz CT molecular complexity index is 357. The minimum Gasteiger partial charge on any atom is -0.463 e. The maximum absolute atomic E-state index is 11.3. The molecule has 0 aliphatic carbocycles. The van der Waals surface area contributed by atoms with E-state index in [0.717, 1.165) is 7.11 Å². The van der Waals surface area contributed by atoms with Crippen molar-refractivity contribution in [2.24, 2.45) is 0 Å². The summed E-state index contributed by atoms with van der Waals surface area (Å²) < 4.78 is 4.17. The van der Waals surface area contributed by atoms with Gasteiger partial charge in [0.15, 0.2) is 5.78 Å². The predicted molar refractivity (Wildman–Crippen MR) is 48.1 cm³/mol. The van der Waals surface area contributed by atoms with Gasteiger partial charge in [0.25, 0.3) is 0 Å². The molecule has 1 heterocycles. The van der Waals surface area contributed by atoms with E-state index in [0.29, 0.717) is 0 Å². The average molecular weight is 213 g/mol. The second-order valence-corrected chi connectivity index (χ2v) is 3.11. The Morgan fingerprint density at radius 1 is 1.50 bits per heavy atom. The number of ketones is 2. The van der Waals surface area contributed by atoms with Crippen LogP contribution in [0, 0.1) is 0 Å². The fourth-order valence-corrected chi connectivity index (χ4v) is 1.33. The third-order valence-corrected chi connectivity index (χ3v) is 2.04. The normalized spacial score (nSPS) is 9.50. The lowest BCUT2D eigenvalue weighted by Crippen LogP contribution is -2.19. The van der Waals surface area contributed by atoms with E-state index in [1.54, 1.807) is 0 Å². The summed E-state index contributed by atoms with van der Waals surface area (Å²) in [6.07, 6.45) is -0.490. The quantitative estimate of drug-likeness (QED) is 0.314. The smallest absolute Gasteiger partial charge is 0.374 e. The summed E-state index contributed by atoms with van der Waals surface area (Å²) in [6, 6.07) is 0. The maximum atomic E-state index is 11.3. The van der Waals surface area contributed by atoms with Gasteiger partial charge in [0.2, 0.25) is 5.78 Å². The second kappa shape index (κ2) is 4.61. The molecule has 0 aromatic carbocycles. The molecule has 0 aliphatic rings. The van der Waals surface area contributed by atoms with E-state index in [4.69, 9.17) is 0 Å². The van der Waals surface area contributed by atoms with E-state index in [2.05, 4.69) is 9.72 Å². The molecular weight excluding hydrogens is 206 g/mol. The standard InChI is InChI=1S/C8H7NO4S/c1-13-8(12)7(11)2-6(10)5-3-14-4-9-5/h3-4H,2H2,1H3. The Balaban J connectivity index is 2.58. The van der Waals surface area contributed by atoms with Crippen LogP contribution in [0.1, 0.15) is 16.9 Å². The maximum Gasteiger partial charge on any atom is 0.374 e. The molecule has 1 aromatic heterocycles. The summed E-state index contributed by atoms with van der Waals surface area (Å²) in [7, 11) is 1.09. The topological polar surface area (TPSA) is 73.3 Å². The van der Waals surface area contributed by atoms with Crippen molar-refractivity contribution in [1.82, 2.24) is 4.98 Å². The van der Waals surface area contributed by atoms with Crippen LogP contribution in [0.25, 0.3) is 0 Å². The van der Waals surface area contributed by atoms with Crippen molar-refractivity contribution >= 4 is 28.9 Å². The summed E-state index contributed by atoms with van der Waals surface area (Å²) in [5, 5.41) is 1.52. The van der Waals surface area contributed by atoms with Gasteiger partial charge in [-0.15, -0.1) is 11.3 Å². The first-order valence-corrected chi connectivity index (χ1v) is 4.62. The Kier molecular flexibility index (Phi) is 3.47. The minimum atomic E-state index is -1.01. The van der Waals surface area contributed by atoms with Gasteiger partial charge in [-0.25, -0.2) is 9.78 Å². The van der Waals surface area contributed by atoms with Crippen molar-refractivity contribution in [3.63, 3.8) is 0 Å². The molecule has 0 radical (unpaired) electrons. The van der Waals surface area contributed by atoms with Gasteiger partial charge in [0, 0.05) is 5.38 Å². The largest absolute Gasteiger partial charge is 0.463 e. The van der Waals surface area contributed by atoms with Gasteiger partial charge in [0.1, 0.15) is 5.69 Å². The molecule has 0 unspecified atom stereocenters. The van der Waals surface area contributed by atoms with Gasteiger partial charge in [0.05, 0.1) is 19.0 Å². The van der Waals surface area contributed by atoms with Gasteiger partial charge in [-0.2, -0.15) is 0 Å². The van der Waals surface area contributed by atoms with Crippen molar-refractivity contribution in [3.05, 3.63) is 16.6 Å². The number of carbonyl (C=O) groups is 3. The number of Topliss-reactive ketones (excluding diaryl/α,β-unsaturated/α-hetero) is 2. The number of hydrogen-bond donors (Lipinski definition) is 0. The van der Waals surface area contributed by atoms with E-state index in [1.807, 2.05) is 0 Å². The van der Waals surface area contributed by atoms with Crippen molar-refractivity contribution < 1.29 is 19.1 Å². The third-order valence-electron chi connectivity index (χ3n) is 1.45. The van der Waals surface area contributed by atoms with Crippen LogP contribution in [0.2, 0.25) is 0 Å². The average Bonchev–Trinajstić information content (AvgIpc) is 2.69. The van der Waals surface area contributed by atoms with Crippen LogP contribution in [-0.2, 0) is 14.3 Å². The molecule has 0 fully saturated rings. The molecule has 0 amide bonds. The van der Waals surface area contributed by atoms with Crippen LogP contribution < -0.4 is 0 Å². The van der Waals surface area contributed by atoms with Crippen LogP contribution in [-0.4, -0.2) is 29.6 Å². The number of methoxy groups -OCH3 is 1. The first-order valence-electron chi connectivity index (χ1n) is 3.67. The zero-order valence-electron chi connectivity index (χ0n) is 7.35. The van der Waals surface area contributed by atoms with E-state index >= 15 is 0 Å². The fraction of sp³-hybridized carbons (Fsp3) is 0.250. The fourth-order valence-electron chi connectivity index (χ4n) is 0.773. The lowest BCUT2D eigenvalue weighted by Gasteiger charge is -1.95. The Morgan fingerprint density at radius 2 is 2.21 bits per heavy atom. The summed E-state index contributed by atoms with van der Waals surface area (Å²) in [5.74, 6) is -2.33. The van der Waals surface area contributed by atoms with Crippen molar-refractivity contribution in [2.75, 3.05) is 7.11 Å². The predicted octanol–water partition coefficient (Wildman–Crippen LogP) is 0.458. The first kappa shape index (κ1) is 10.5. The number of ether oxygens (including phenoxy) is 1. The third kappa shape index (κ3) is 2.46. The summed E-state index contributed by atoms with van der Waals surface area (Å²) >= 11 is 1.25. The van der Waals surface area contributed by atoms with Crippen LogP contribution in [0.5, 0.6) is 0 Å². The lowest BCUT2D eigenvalue weighted by molar-refractivity contribution is -0.151. The van der Waals surface area contributed by atoms with E-state index < -0.39 is 24.0 Å². The Labute approximate surface area is 83.7 Å².